The lowest BCUT2D eigenvalue weighted by atomic mass is 10.1. The van der Waals surface area contributed by atoms with Gasteiger partial charge in [0.2, 0.25) is 5.91 Å². The molecule has 0 saturated heterocycles. The van der Waals surface area contributed by atoms with Crippen molar-refractivity contribution in [3.63, 3.8) is 0 Å². The Balaban J connectivity index is 2.41. The summed E-state index contributed by atoms with van der Waals surface area (Å²) in [6, 6.07) is 7.16. The van der Waals surface area contributed by atoms with Gasteiger partial charge in [0.1, 0.15) is 9.84 Å². The highest BCUT2D eigenvalue weighted by Crippen LogP contribution is 2.05. The lowest BCUT2D eigenvalue weighted by molar-refractivity contribution is -0.122. The number of hydrogen-bond acceptors (Lipinski definition) is 4. The normalized spacial score (nSPS) is 12.9. The summed E-state index contributed by atoms with van der Waals surface area (Å²) in [6.07, 6.45) is 2.25. The molecule has 0 aliphatic carbocycles. The maximum Gasteiger partial charge on any atom is 0.237 e. The maximum absolute atomic E-state index is 11.7. The molecular formula is C14H22N2O3S. The van der Waals surface area contributed by atoms with Gasteiger partial charge in [-0.3, -0.25) is 4.79 Å². The summed E-state index contributed by atoms with van der Waals surface area (Å²) in [7, 11) is -3.09. The van der Waals surface area contributed by atoms with Crippen LogP contribution in [0.15, 0.2) is 24.3 Å². The van der Waals surface area contributed by atoms with Gasteiger partial charge < -0.3 is 11.1 Å². The first-order chi connectivity index (χ1) is 9.31. The molecule has 112 valence electrons. The number of nitrogens with two attached hydrogens (primary N) is 1. The number of rotatable bonds is 7. The van der Waals surface area contributed by atoms with Crippen molar-refractivity contribution in [3.8, 4) is 0 Å². The van der Waals surface area contributed by atoms with Crippen LogP contribution in [-0.4, -0.2) is 32.4 Å². The van der Waals surface area contributed by atoms with Crippen LogP contribution >= 0.6 is 0 Å². The Kier molecular flexibility index (Phi) is 6.16. The van der Waals surface area contributed by atoms with Crippen molar-refractivity contribution in [2.75, 3.05) is 12.0 Å². The van der Waals surface area contributed by atoms with Gasteiger partial charge in [0.15, 0.2) is 0 Å². The van der Waals surface area contributed by atoms with E-state index in [-0.39, 0.29) is 18.1 Å². The first kappa shape index (κ1) is 16.7. The fourth-order valence-corrected chi connectivity index (χ4v) is 2.37. The summed E-state index contributed by atoms with van der Waals surface area (Å²) in [5.74, 6) is -0.402. The van der Waals surface area contributed by atoms with E-state index in [1.165, 1.54) is 5.56 Å². The van der Waals surface area contributed by atoms with Gasteiger partial charge in [0, 0.05) is 12.8 Å². The monoisotopic (exact) mass is 298 g/mol. The SMILES string of the molecule is CCc1ccc(CNC(=O)C(N)CCS(C)(=O)=O)cc1. The van der Waals surface area contributed by atoms with Crippen molar-refractivity contribution < 1.29 is 13.2 Å². The van der Waals surface area contributed by atoms with Crippen molar-refractivity contribution in [2.24, 2.45) is 5.73 Å². The van der Waals surface area contributed by atoms with Crippen LogP contribution in [0.4, 0.5) is 0 Å². The third kappa shape index (κ3) is 6.16. The van der Waals surface area contributed by atoms with Crippen LogP contribution in [0.5, 0.6) is 0 Å². The lowest BCUT2D eigenvalue weighted by Crippen LogP contribution is -2.41. The second-order valence-electron chi connectivity index (χ2n) is 4.91. The molecule has 0 heterocycles. The average molecular weight is 298 g/mol. The molecule has 0 aliphatic rings. The van der Waals surface area contributed by atoms with Gasteiger partial charge in [-0.25, -0.2) is 8.42 Å². The molecule has 5 nitrogen and oxygen atoms in total. The second kappa shape index (κ2) is 7.40. The first-order valence-corrected chi connectivity index (χ1v) is 8.66. The molecule has 1 aromatic rings. The minimum atomic E-state index is -3.09. The van der Waals surface area contributed by atoms with Crippen LogP contribution in [0.3, 0.4) is 0 Å². The molecule has 1 aromatic carbocycles. The molecule has 1 atom stereocenters. The minimum absolute atomic E-state index is 0.0766. The fourth-order valence-electron chi connectivity index (χ4n) is 1.69. The molecule has 0 bridgehead atoms. The molecule has 0 radical (unpaired) electrons. The van der Waals surface area contributed by atoms with Crippen molar-refractivity contribution in [1.29, 1.82) is 0 Å². The molecule has 0 saturated carbocycles. The van der Waals surface area contributed by atoms with Crippen LogP contribution in [0.25, 0.3) is 0 Å². The summed E-state index contributed by atoms with van der Waals surface area (Å²) in [5, 5.41) is 2.71. The summed E-state index contributed by atoms with van der Waals surface area (Å²) in [4.78, 5) is 11.7. The Morgan fingerprint density at radius 3 is 2.30 bits per heavy atom. The van der Waals surface area contributed by atoms with E-state index in [4.69, 9.17) is 5.73 Å². The van der Waals surface area contributed by atoms with Crippen LogP contribution in [0.2, 0.25) is 0 Å². The van der Waals surface area contributed by atoms with E-state index in [9.17, 15) is 13.2 Å². The number of benzene rings is 1. The predicted octanol–water partition coefficient (Wildman–Crippen LogP) is 0.627. The number of aryl methyl sites for hydroxylation is 1. The summed E-state index contributed by atoms with van der Waals surface area (Å²) in [5.41, 5.74) is 7.89. The first-order valence-electron chi connectivity index (χ1n) is 6.60. The number of carbonyl (C=O) groups is 1. The highest BCUT2D eigenvalue weighted by Gasteiger charge is 2.15. The number of nitrogens with one attached hydrogen (secondary N) is 1. The fraction of sp³-hybridized carbons (Fsp3) is 0.500. The van der Waals surface area contributed by atoms with Gasteiger partial charge in [-0.15, -0.1) is 0 Å². The third-order valence-corrected chi connectivity index (χ3v) is 4.01. The third-order valence-electron chi connectivity index (χ3n) is 3.03. The standard InChI is InChI=1S/C14H22N2O3S/c1-3-11-4-6-12(7-5-11)10-16-14(17)13(15)8-9-20(2,18)19/h4-7,13H,3,8-10,15H2,1-2H3,(H,16,17). The van der Waals surface area contributed by atoms with Crippen molar-refractivity contribution >= 4 is 15.7 Å². The molecule has 0 fully saturated rings. The van der Waals surface area contributed by atoms with Gasteiger partial charge in [0.25, 0.3) is 0 Å². The molecule has 6 heteroatoms. The number of hydrogen-bond donors (Lipinski definition) is 2. The molecule has 1 unspecified atom stereocenters. The zero-order valence-corrected chi connectivity index (χ0v) is 12.7. The van der Waals surface area contributed by atoms with Crippen molar-refractivity contribution in [2.45, 2.75) is 32.4 Å². The van der Waals surface area contributed by atoms with E-state index in [1.807, 2.05) is 24.3 Å². The molecule has 0 aromatic heterocycles. The summed E-state index contributed by atoms with van der Waals surface area (Å²) in [6.45, 7) is 2.48. The molecule has 0 aliphatic heterocycles. The average Bonchev–Trinajstić information content (AvgIpc) is 2.41. The molecule has 1 amide bonds. The quantitative estimate of drug-likeness (QED) is 0.772. The Bertz CT molecular complexity index is 538. The van der Waals surface area contributed by atoms with Crippen LogP contribution in [0, 0.1) is 0 Å². The van der Waals surface area contributed by atoms with Crippen molar-refractivity contribution in [3.05, 3.63) is 35.4 Å². The van der Waals surface area contributed by atoms with Crippen LogP contribution in [0.1, 0.15) is 24.5 Å². The van der Waals surface area contributed by atoms with Gasteiger partial charge in [-0.1, -0.05) is 31.2 Å². The van der Waals surface area contributed by atoms with E-state index in [0.717, 1.165) is 18.2 Å². The summed E-state index contributed by atoms with van der Waals surface area (Å²) >= 11 is 0. The zero-order chi connectivity index (χ0) is 15.2. The lowest BCUT2D eigenvalue weighted by Gasteiger charge is -2.12. The van der Waals surface area contributed by atoms with E-state index in [2.05, 4.69) is 12.2 Å². The van der Waals surface area contributed by atoms with Gasteiger partial charge in [0.05, 0.1) is 11.8 Å². The Morgan fingerprint density at radius 1 is 1.25 bits per heavy atom. The molecular weight excluding hydrogens is 276 g/mol. The number of amides is 1. The minimum Gasteiger partial charge on any atom is -0.351 e. The van der Waals surface area contributed by atoms with Crippen LogP contribution < -0.4 is 11.1 Å². The smallest absolute Gasteiger partial charge is 0.237 e. The Hall–Kier alpha value is -1.40. The summed E-state index contributed by atoms with van der Waals surface area (Å²) < 4.78 is 22.0. The second-order valence-corrected chi connectivity index (χ2v) is 7.17. The molecule has 0 spiro atoms. The molecule has 3 N–H and O–H groups in total. The van der Waals surface area contributed by atoms with E-state index in [0.29, 0.717) is 6.54 Å². The molecule has 20 heavy (non-hydrogen) atoms. The van der Waals surface area contributed by atoms with E-state index in [1.54, 1.807) is 0 Å². The largest absolute Gasteiger partial charge is 0.351 e. The zero-order valence-electron chi connectivity index (χ0n) is 11.9. The van der Waals surface area contributed by atoms with Gasteiger partial charge in [-0.2, -0.15) is 0 Å². The maximum atomic E-state index is 11.7. The molecule has 1 rings (SSSR count). The highest BCUT2D eigenvalue weighted by molar-refractivity contribution is 7.90. The van der Waals surface area contributed by atoms with Gasteiger partial charge in [-0.05, 0) is 24.0 Å². The topological polar surface area (TPSA) is 89.3 Å². The van der Waals surface area contributed by atoms with E-state index >= 15 is 0 Å². The van der Waals surface area contributed by atoms with Crippen molar-refractivity contribution in [1.82, 2.24) is 5.32 Å². The van der Waals surface area contributed by atoms with Gasteiger partial charge >= 0.3 is 0 Å². The Labute approximate surface area is 120 Å². The highest BCUT2D eigenvalue weighted by atomic mass is 32.2. The number of carbonyl (C=O) groups excluding carboxylic acids is 1. The Morgan fingerprint density at radius 2 is 1.80 bits per heavy atom. The number of sulfone groups is 1. The van der Waals surface area contributed by atoms with E-state index < -0.39 is 15.9 Å². The van der Waals surface area contributed by atoms with Crippen LogP contribution in [-0.2, 0) is 27.6 Å². The predicted molar refractivity (Wildman–Crippen MR) is 80.0 cm³/mol.